The van der Waals surface area contributed by atoms with Crippen molar-refractivity contribution in [1.82, 2.24) is 9.55 Å². The first kappa shape index (κ1) is 13.9. The molecule has 7 heteroatoms. The molecule has 2 rings (SSSR count). The SMILES string of the molecule is CCn1ccnc(N2CCSCC2CC(=O)O)c1=O. The van der Waals surface area contributed by atoms with Gasteiger partial charge >= 0.3 is 5.97 Å². The minimum atomic E-state index is -0.843. The number of carbonyl (C=O) groups is 1. The summed E-state index contributed by atoms with van der Waals surface area (Å²) in [6, 6.07) is -0.163. The van der Waals surface area contributed by atoms with Gasteiger partial charge in [-0.15, -0.1) is 0 Å². The Morgan fingerprint density at radius 2 is 2.42 bits per heavy atom. The van der Waals surface area contributed by atoms with Crippen molar-refractivity contribution >= 4 is 23.5 Å². The van der Waals surface area contributed by atoms with Gasteiger partial charge in [0.25, 0.3) is 5.56 Å². The largest absolute Gasteiger partial charge is 0.481 e. The maximum absolute atomic E-state index is 12.2. The lowest BCUT2D eigenvalue weighted by molar-refractivity contribution is -0.137. The maximum Gasteiger partial charge on any atom is 0.305 e. The predicted octanol–water partition coefficient (Wildman–Crippen LogP) is 0.660. The van der Waals surface area contributed by atoms with Crippen molar-refractivity contribution in [1.29, 1.82) is 0 Å². The summed E-state index contributed by atoms with van der Waals surface area (Å²) in [5.41, 5.74) is -0.146. The third kappa shape index (κ3) is 3.09. The average molecular weight is 283 g/mol. The first-order chi connectivity index (χ1) is 9.13. The minimum Gasteiger partial charge on any atom is -0.481 e. The highest BCUT2D eigenvalue weighted by molar-refractivity contribution is 7.99. The summed E-state index contributed by atoms with van der Waals surface area (Å²) in [5.74, 6) is 1.13. The Bertz CT molecular complexity index is 517. The van der Waals surface area contributed by atoms with E-state index in [1.54, 1.807) is 28.7 Å². The van der Waals surface area contributed by atoms with Crippen LogP contribution in [0.25, 0.3) is 0 Å². The van der Waals surface area contributed by atoms with Gasteiger partial charge in [-0.2, -0.15) is 11.8 Å². The highest BCUT2D eigenvalue weighted by Crippen LogP contribution is 2.22. The van der Waals surface area contributed by atoms with Gasteiger partial charge in [0.05, 0.1) is 12.5 Å². The van der Waals surface area contributed by atoms with Gasteiger partial charge in [0.2, 0.25) is 0 Å². The molecule has 0 aliphatic carbocycles. The summed E-state index contributed by atoms with van der Waals surface area (Å²) in [7, 11) is 0. The molecular weight excluding hydrogens is 266 g/mol. The number of hydrogen-bond donors (Lipinski definition) is 1. The zero-order valence-corrected chi connectivity index (χ0v) is 11.6. The van der Waals surface area contributed by atoms with E-state index in [0.29, 0.717) is 24.7 Å². The van der Waals surface area contributed by atoms with E-state index < -0.39 is 5.97 Å². The molecule has 1 atom stereocenters. The van der Waals surface area contributed by atoms with Crippen molar-refractivity contribution in [2.24, 2.45) is 0 Å². The highest BCUT2D eigenvalue weighted by atomic mass is 32.2. The van der Waals surface area contributed by atoms with Gasteiger partial charge in [-0.3, -0.25) is 9.59 Å². The van der Waals surface area contributed by atoms with Crippen molar-refractivity contribution in [3.8, 4) is 0 Å². The van der Waals surface area contributed by atoms with Crippen LogP contribution in [0.3, 0.4) is 0 Å². The standard InChI is InChI=1S/C12H17N3O3S/c1-2-14-4-3-13-11(12(14)18)15-5-6-19-8-9(15)7-10(16)17/h3-4,9H,2,5-8H2,1H3,(H,16,17). The second kappa shape index (κ2) is 6.10. The summed E-state index contributed by atoms with van der Waals surface area (Å²) < 4.78 is 1.59. The van der Waals surface area contributed by atoms with Crippen molar-refractivity contribution in [2.45, 2.75) is 25.9 Å². The summed E-state index contributed by atoms with van der Waals surface area (Å²) in [6.45, 7) is 3.14. The number of rotatable bonds is 4. The lowest BCUT2D eigenvalue weighted by atomic mass is 10.2. The Labute approximate surface area is 115 Å². The number of carboxylic acid groups (broad SMARTS) is 1. The molecule has 1 aliphatic rings. The van der Waals surface area contributed by atoms with Crippen LogP contribution in [-0.2, 0) is 11.3 Å². The minimum absolute atomic E-state index is 0.0368. The quantitative estimate of drug-likeness (QED) is 0.875. The van der Waals surface area contributed by atoms with E-state index in [1.807, 2.05) is 11.8 Å². The van der Waals surface area contributed by atoms with E-state index >= 15 is 0 Å². The fourth-order valence-corrected chi connectivity index (χ4v) is 3.25. The van der Waals surface area contributed by atoms with E-state index in [2.05, 4.69) is 4.98 Å². The van der Waals surface area contributed by atoms with E-state index in [9.17, 15) is 9.59 Å². The average Bonchev–Trinajstić information content (AvgIpc) is 2.39. The molecule has 0 radical (unpaired) electrons. The van der Waals surface area contributed by atoms with Crippen molar-refractivity contribution in [3.63, 3.8) is 0 Å². The van der Waals surface area contributed by atoms with Crippen molar-refractivity contribution in [3.05, 3.63) is 22.7 Å². The summed E-state index contributed by atoms with van der Waals surface area (Å²) in [6.07, 6.45) is 3.28. The van der Waals surface area contributed by atoms with E-state index in [1.165, 1.54) is 0 Å². The molecule has 2 heterocycles. The fourth-order valence-electron chi connectivity index (χ4n) is 2.19. The van der Waals surface area contributed by atoms with Crippen LogP contribution in [0.4, 0.5) is 5.82 Å². The van der Waals surface area contributed by atoms with Gasteiger partial charge in [0.15, 0.2) is 5.82 Å². The second-order valence-corrected chi connectivity index (χ2v) is 5.51. The molecule has 1 unspecified atom stereocenters. The number of carboxylic acids is 1. The van der Waals surface area contributed by atoms with Crippen LogP contribution in [0.15, 0.2) is 17.2 Å². The third-order valence-corrected chi connectivity index (χ3v) is 4.24. The van der Waals surface area contributed by atoms with Crippen LogP contribution in [0.1, 0.15) is 13.3 Å². The lowest BCUT2D eigenvalue weighted by Crippen LogP contribution is -2.47. The fraction of sp³-hybridized carbons (Fsp3) is 0.583. The molecule has 19 heavy (non-hydrogen) atoms. The number of anilines is 1. The van der Waals surface area contributed by atoms with E-state index in [4.69, 9.17) is 5.11 Å². The Morgan fingerprint density at radius 3 is 3.11 bits per heavy atom. The Kier molecular flexibility index (Phi) is 4.47. The molecule has 0 saturated carbocycles. The van der Waals surface area contributed by atoms with Gasteiger partial charge < -0.3 is 14.6 Å². The molecule has 104 valence electrons. The Morgan fingerprint density at radius 1 is 1.63 bits per heavy atom. The van der Waals surface area contributed by atoms with Gasteiger partial charge in [-0.25, -0.2) is 4.98 Å². The number of hydrogen-bond acceptors (Lipinski definition) is 5. The summed E-state index contributed by atoms with van der Waals surface area (Å²) in [5, 5.41) is 8.96. The topological polar surface area (TPSA) is 75.4 Å². The maximum atomic E-state index is 12.2. The van der Waals surface area contributed by atoms with Crippen LogP contribution in [0, 0.1) is 0 Å². The van der Waals surface area contributed by atoms with Gasteiger partial charge in [0.1, 0.15) is 0 Å². The van der Waals surface area contributed by atoms with E-state index in [-0.39, 0.29) is 18.0 Å². The molecule has 0 spiro atoms. The monoisotopic (exact) mass is 283 g/mol. The number of nitrogens with zero attached hydrogens (tertiary/aromatic N) is 3. The smallest absolute Gasteiger partial charge is 0.305 e. The van der Waals surface area contributed by atoms with Crippen LogP contribution < -0.4 is 10.5 Å². The Hall–Kier alpha value is -1.50. The lowest BCUT2D eigenvalue weighted by Gasteiger charge is -2.35. The first-order valence-electron chi connectivity index (χ1n) is 6.25. The van der Waals surface area contributed by atoms with Crippen molar-refractivity contribution in [2.75, 3.05) is 23.0 Å². The van der Waals surface area contributed by atoms with Crippen LogP contribution in [0.2, 0.25) is 0 Å². The highest BCUT2D eigenvalue weighted by Gasteiger charge is 2.28. The number of aromatic nitrogens is 2. The molecule has 6 nitrogen and oxygen atoms in total. The molecule has 1 aromatic heterocycles. The summed E-state index contributed by atoms with van der Waals surface area (Å²) >= 11 is 1.72. The number of aliphatic carboxylic acids is 1. The normalized spacial score (nSPS) is 19.4. The van der Waals surface area contributed by atoms with Crippen LogP contribution in [0.5, 0.6) is 0 Å². The first-order valence-corrected chi connectivity index (χ1v) is 7.40. The molecule has 1 saturated heterocycles. The molecule has 0 amide bonds. The molecule has 1 fully saturated rings. The molecule has 1 N–H and O–H groups in total. The van der Waals surface area contributed by atoms with Gasteiger partial charge in [0, 0.05) is 37.0 Å². The zero-order valence-electron chi connectivity index (χ0n) is 10.8. The molecule has 0 bridgehead atoms. The Balaban J connectivity index is 2.32. The van der Waals surface area contributed by atoms with Gasteiger partial charge in [-0.1, -0.05) is 0 Å². The third-order valence-electron chi connectivity index (χ3n) is 3.15. The number of thioether (sulfide) groups is 1. The predicted molar refractivity (Wildman–Crippen MR) is 74.9 cm³/mol. The second-order valence-electron chi connectivity index (χ2n) is 4.36. The number of aryl methyl sites for hydroxylation is 1. The molecule has 0 aromatic carbocycles. The van der Waals surface area contributed by atoms with Crippen LogP contribution >= 0.6 is 11.8 Å². The zero-order chi connectivity index (χ0) is 13.8. The van der Waals surface area contributed by atoms with Gasteiger partial charge in [-0.05, 0) is 6.92 Å². The summed E-state index contributed by atoms with van der Waals surface area (Å²) in [4.78, 5) is 29.2. The molecular formula is C12H17N3O3S. The van der Waals surface area contributed by atoms with Crippen LogP contribution in [-0.4, -0.2) is 44.7 Å². The van der Waals surface area contributed by atoms with E-state index in [0.717, 1.165) is 5.75 Å². The molecule has 1 aliphatic heterocycles. The molecule has 1 aromatic rings. The van der Waals surface area contributed by atoms with Crippen molar-refractivity contribution < 1.29 is 9.90 Å².